The molecule has 1 saturated heterocycles. The zero-order valence-electron chi connectivity index (χ0n) is 10.2. The lowest BCUT2D eigenvalue weighted by atomic mass is 10.00. The Hall–Kier alpha value is -1.48. The van der Waals surface area contributed by atoms with Crippen LogP contribution < -0.4 is 10.6 Å². The fourth-order valence-corrected chi connectivity index (χ4v) is 2.59. The summed E-state index contributed by atoms with van der Waals surface area (Å²) in [5, 5.41) is 8.38. The molecule has 2 aromatic rings. The highest BCUT2D eigenvalue weighted by atomic mass is 15.1. The predicted octanol–water partition coefficient (Wildman–Crippen LogP) is 2.72. The van der Waals surface area contributed by atoms with Gasteiger partial charge in [-0.05, 0) is 38.4 Å². The van der Waals surface area contributed by atoms with Crippen LogP contribution in [0.2, 0.25) is 0 Å². The summed E-state index contributed by atoms with van der Waals surface area (Å²) in [6.45, 7) is 3.39. The van der Waals surface area contributed by atoms with Gasteiger partial charge in [0.05, 0.1) is 0 Å². The first-order valence-corrected chi connectivity index (χ1v) is 6.40. The van der Waals surface area contributed by atoms with Gasteiger partial charge in [-0.25, -0.2) is 0 Å². The number of fused-ring (bicyclic) bond motifs is 1. The van der Waals surface area contributed by atoms with Crippen molar-refractivity contribution in [2.75, 3.05) is 11.9 Å². The molecule has 17 heavy (non-hydrogen) atoms. The van der Waals surface area contributed by atoms with E-state index in [0.29, 0.717) is 12.1 Å². The van der Waals surface area contributed by atoms with Crippen LogP contribution >= 0.6 is 0 Å². The first-order valence-electron chi connectivity index (χ1n) is 6.40. The molecule has 3 N–H and O–H groups in total. The maximum atomic E-state index is 3.60. The number of para-hydroxylation sites is 1. The lowest BCUT2D eigenvalue weighted by molar-refractivity contribution is 0.389. The third-order valence-electron chi connectivity index (χ3n) is 3.63. The Balaban J connectivity index is 1.79. The number of benzene rings is 1. The number of piperidine rings is 1. The maximum absolute atomic E-state index is 3.60. The zero-order valence-corrected chi connectivity index (χ0v) is 10.2. The second kappa shape index (κ2) is 4.41. The molecular formula is C14H19N3. The van der Waals surface area contributed by atoms with Crippen molar-refractivity contribution in [2.45, 2.75) is 31.8 Å². The molecule has 90 valence electrons. The Morgan fingerprint density at radius 2 is 2.18 bits per heavy atom. The first-order chi connectivity index (χ1) is 8.33. The van der Waals surface area contributed by atoms with E-state index >= 15 is 0 Å². The van der Waals surface area contributed by atoms with Crippen molar-refractivity contribution in [3.05, 3.63) is 30.3 Å². The fourth-order valence-electron chi connectivity index (χ4n) is 2.59. The highest BCUT2D eigenvalue weighted by Crippen LogP contribution is 2.21. The number of rotatable bonds is 2. The molecule has 3 heteroatoms. The van der Waals surface area contributed by atoms with Gasteiger partial charge < -0.3 is 15.6 Å². The average molecular weight is 229 g/mol. The summed E-state index contributed by atoms with van der Waals surface area (Å²) in [5.74, 6) is 1.13. The van der Waals surface area contributed by atoms with Crippen LogP contribution in [0, 0.1) is 0 Å². The largest absolute Gasteiger partial charge is 0.367 e. The fraction of sp³-hybridized carbons (Fsp3) is 0.429. The van der Waals surface area contributed by atoms with E-state index in [1.807, 2.05) is 0 Å². The molecule has 1 aliphatic heterocycles. The Morgan fingerprint density at radius 3 is 3.00 bits per heavy atom. The van der Waals surface area contributed by atoms with Gasteiger partial charge in [0.1, 0.15) is 5.82 Å². The molecule has 0 aliphatic carbocycles. The molecule has 0 radical (unpaired) electrons. The smallest absolute Gasteiger partial charge is 0.104 e. The van der Waals surface area contributed by atoms with E-state index in [-0.39, 0.29) is 0 Å². The highest BCUT2D eigenvalue weighted by Gasteiger charge is 2.20. The minimum Gasteiger partial charge on any atom is -0.367 e. The number of nitrogens with one attached hydrogen (secondary N) is 3. The molecule has 0 amide bonds. The molecule has 0 saturated carbocycles. The molecule has 0 spiro atoms. The second-order valence-electron chi connectivity index (χ2n) is 4.91. The molecule has 1 aromatic carbocycles. The summed E-state index contributed by atoms with van der Waals surface area (Å²) in [4.78, 5) is 3.42. The van der Waals surface area contributed by atoms with Gasteiger partial charge in [0.15, 0.2) is 0 Å². The molecule has 3 nitrogen and oxygen atoms in total. The topological polar surface area (TPSA) is 39.8 Å². The summed E-state index contributed by atoms with van der Waals surface area (Å²) in [6, 6.07) is 11.6. The first kappa shape index (κ1) is 10.7. The molecule has 1 fully saturated rings. The number of aromatic amines is 1. The standard InChI is InChI=1S/C14H19N3/c1-10-12(7-4-8-15-10)16-14-9-11-5-2-3-6-13(11)17-14/h2-3,5-6,9-10,12,15-17H,4,7-8H2,1H3. The van der Waals surface area contributed by atoms with Crippen molar-refractivity contribution in [1.29, 1.82) is 0 Å². The molecule has 2 unspecified atom stereocenters. The number of aromatic nitrogens is 1. The lowest BCUT2D eigenvalue weighted by Gasteiger charge is -2.30. The third kappa shape index (κ3) is 2.15. The van der Waals surface area contributed by atoms with Gasteiger partial charge in [-0.2, -0.15) is 0 Å². The average Bonchev–Trinajstić information content (AvgIpc) is 2.74. The van der Waals surface area contributed by atoms with Gasteiger partial charge in [0.2, 0.25) is 0 Å². The van der Waals surface area contributed by atoms with E-state index in [1.165, 1.54) is 23.7 Å². The van der Waals surface area contributed by atoms with Gasteiger partial charge in [0.25, 0.3) is 0 Å². The lowest BCUT2D eigenvalue weighted by Crippen LogP contribution is -2.46. The molecule has 2 heterocycles. The van der Waals surface area contributed by atoms with Crippen LogP contribution in [-0.2, 0) is 0 Å². The molecule has 2 atom stereocenters. The Labute approximate surface area is 102 Å². The number of hydrogen-bond acceptors (Lipinski definition) is 2. The van der Waals surface area contributed by atoms with Crippen molar-refractivity contribution >= 4 is 16.7 Å². The highest BCUT2D eigenvalue weighted by molar-refractivity contribution is 5.83. The quantitative estimate of drug-likeness (QED) is 0.741. The van der Waals surface area contributed by atoms with E-state index in [9.17, 15) is 0 Å². The van der Waals surface area contributed by atoms with Crippen LogP contribution in [-0.4, -0.2) is 23.6 Å². The van der Waals surface area contributed by atoms with E-state index in [2.05, 4.69) is 52.9 Å². The van der Waals surface area contributed by atoms with E-state index in [0.717, 1.165) is 12.4 Å². The predicted molar refractivity (Wildman–Crippen MR) is 72.4 cm³/mol. The SMILES string of the molecule is CC1NCCCC1Nc1cc2ccccc2[nH]1. The van der Waals surface area contributed by atoms with Crippen LogP contribution in [0.3, 0.4) is 0 Å². The summed E-state index contributed by atoms with van der Waals surface area (Å²) in [6.07, 6.45) is 2.49. The molecule has 0 bridgehead atoms. The molecule has 3 rings (SSSR count). The summed E-state index contributed by atoms with van der Waals surface area (Å²) >= 11 is 0. The molecule has 1 aliphatic rings. The molecular weight excluding hydrogens is 210 g/mol. The summed E-state index contributed by atoms with van der Waals surface area (Å²) in [7, 11) is 0. The van der Waals surface area contributed by atoms with Gasteiger partial charge in [-0.3, -0.25) is 0 Å². The second-order valence-corrected chi connectivity index (χ2v) is 4.91. The Morgan fingerprint density at radius 1 is 1.29 bits per heavy atom. The molecule has 1 aromatic heterocycles. The number of H-pyrrole nitrogens is 1. The van der Waals surface area contributed by atoms with Crippen molar-refractivity contribution in [1.82, 2.24) is 10.3 Å². The normalized spacial score (nSPS) is 25.0. The minimum atomic E-state index is 0.525. The van der Waals surface area contributed by atoms with Gasteiger partial charge in [-0.1, -0.05) is 18.2 Å². The monoisotopic (exact) mass is 229 g/mol. The van der Waals surface area contributed by atoms with Crippen LogP contribution in [0.1, 0.15) is 19.8 Å². The van der Waals surface area contributed by atoms with Crippen LogP contribution in [0.25, 0.3) is 10.9 Å². The van der Waals surface area contributed by atoms with Crippen LogP contribution in [0.15, 0.2) is 30.3 Å². The van der Waals surface area contributed by atoms with Gasteiger partial charge in [0, 0.05) is 23.0 Å². The van der Waals surface area contributed by atoms with Crippen molar-refractivity contribution in [3.63, 3.8) is 0 Å². The van der Waals surface area contributed by atoms with Crippen molar-refractivity contribution in [2.24, 2.45) is 0 Å². The van der Waals surface area contributed by atoms with Crippen LogP contribution in [0.4, 0.5) is 5.82 Å². The van der Waals surface area contributed by atoms with Crippen molar-refractivity contribution < 1.29 is 0 Å². The summed E-state index contributed by atoms with van der Waals surface area (Å²) in [5.41, 5.74) is 1.20. The zero-order chi connectivity index (χ0) is 11.7. The third-order valence-corrected chi connectivity index (χ3v) is 3.63. The maximum Gasteiger partial charge on any atom is 0.104 e. The summed E-state index contributed by atoms with van der Waals surface area (Å²) < 4.78 is 0. The Kier molecular flexibility index (Phi) is 2.77. The van der Waals surface area contributed by atoms with Gasteiger partial charge in [-0.15, -0.1) is 0 Å². The van der Waals surface area contributed by atoms with E-state index < -0.39 is 0 Å². The van der Waals surface area contributed by atoms with Gasteiger partial charge >= 0.3 is 0 Å². The van der Waals surface area contributed by atoms with Crippen molar-refractivity contribution in [3.8, 4) is 0 Å². The Bertz CT molecular complexity index is 470. The van der Waals surface area contributed by atoms with E-state index in [1.54, 1.807) is 0 Å². The minimum absolute atomic E-state index is 0.525. The van der Waals surface area contributed by atoms with E-state index in [4.69, 9.17) is 0 Å². The number of anilines is 1. The van der Waals surface area contributed by atoms with Crippen LogP contribution in [0.5, 0.6) is 0 Å². The number of hydrogen-bond donors (Lipinski definition) is 3.